The molecule has 2 aliphatic heterocycles. The fourth-order valence-electron chi connectivity index (χ4n) is 2.90. The van der Waals surface area contributed by atoms with Crippen LogP contribution in [0.25, 0.3) is 0 Å². The first-order valence-electron chi connectivity index (χ1n) is 6.88. The lowest BCUT2D eigenvalue weighted by molar-refractivity contribution is 0.180. The second-order valence-corrected chi connectivity index (χ2v) is 5.50. The molecule has 2 heterocycles. The van der Waals surface area contributed by atoms with Crippen LogP contribution in [-0.2, 0) is 0 Å². The number of piperidine rings is 2. The third-order valence-corrected chi connectivity index (χ3v) is 4.09. The average molecular weight is 235 g/mol. The average Bonchev–Trinajstić information content (AvgIpc) is 2.35. The Morgan fingerprint density at radius 3 is 2.12 bits per heavy atom. The molecule has 2 saturated heterocycles. The van der Waals surface area contributed by atoms with Crippen molar-refractivity contribution in [3.63, 3.8) is 0 Å². The number of hydrogen-bond acceptors (Lipinski definition) is 3. The van der Waals surface area contributed by atoms with Crippen LogP contribution in [0, 0.1) is 12.3 Å². The van der Waals surface area contributed by atoms with Crippen LogP contribution in [-0.4, -0.2) is 61.7 Å². The second-order valence-electron chi connectivity index (χ2n) is 5.50. The zero-order chi connectivity index (χ0) is 12.1. The molecule has 0 aromatic carbocycles. The van der Waals surface area contributed by atoms with Crippen molar-refractivity contribution in [2.75, 3.05) is 39.8 Å². The summed E-state index contributed by atoms with van der Waals surface area (Å²) in [7, 11) is 2.22. The van der Waals surface area contributed by atoms with E-state index in [0.29, 0.717) is 0 Å². The van der Waals surface area contributed by atoms with E-state index in [1.165, 1.54) is 38.8 Å². The third-order valence-electron chi connectivity index (χ3n) is 4.09. The van der Waals surface area contributed by atoms with Gasteiger partial charge in [0.2, 0.25) is 0 Å². The molecule has 2 fully saturated rings. The third kappa shape index (κ3) is 3.99. The van der Waals surface area contributed by atoms with Crippen LogP contribution < -0.4 is 5.32 Å². The van der Waals surface area contributed by atoms with E-state index in [0.717, 1.165) is 31.7 Å². The number of hydrogen-bond donors (Lipinski definition) is 1. The highest BCUT2D eigenvalue weighted by Gasteiger charge is 2.23. The van der Waals surface area contributed by atoms with E-state index < -0.39 is 0 Å². The summed E-state index contributed by atoms with van der Waals surface area (Å²) in [5.74, 6) is 2.74. The fourth-order valence-corrected chi connectivity index (χ4v) is 2.90. The molecule has 3 nitrogen and oxygen atoms in total. The highest BCUT2D eigenvalue weighted by Crippen LogP contribution is 2.14. The van der Waals surface area contributed by atoms with Crippen LogP contribution in [0.5, 0.6) is 0 Å². The maximum atomic E-state index is 5.34. The first-order chi connectivity index (χ1) is 8.28. The van der Waals surface area contributed by atoms with Gasteiger partial charge in [-0.2, -0.15) is 0 Å². The molecule has 0 unspecified atom stereocenters. The minimum absolute atomic E-state index is 0.720. The Balaban J connectivity index is 1.66. The van der Waals surface area contributed by atoms with E-state index in [9.17, 15) is 0 Å². The zero-order valence-electron chi connectivity index (χ0n) is 11.0. The van der Waals surface area contributed by atoms with Gasteiger partial charge in [-0.05, 0) is 45.8 Å². The van der Waals surface area contributed by atoms with Crippen LogP contribution in [0.1, 0.15) is 25.7 Å². The molecule has 2 aliphatic rings. The molecular weight excluding hydrogens is 210 g/mol. The van der Waals surface area contributed by atoms with Gasteiger partial charge < -0.3 is 10.2 Å². The minimum atomic E-state index is 0.720. The first kappa shape index (κ1) is 12.9. The van der Waals surface area contributed by atoms with Gasteiger partial charge in [-0.1, -0.05) is 5.92 Å². The molecule has 3 heteroatoms. The first-order valence-corrected chi connectivity index (χ1v) is 6.88. The summed E-state index contributed by atoms with van der Waals surface area (Å²) >= 11 is 0. The number of rotatable bonds is 3. The predicted molar refractivity (Wildman–Crippen MR) is 71.9 cm³/mol. The zero-order valence-corrected chi connectivity index (χ0v) is 11.0. The molecule has 1 N–H and O–H groups in total. The number of terminal acetylenes is 1. The SMILES string of the molecule is C#CCN1CCC(NC2CCN(C)CC2)CC1. The van der Waals surface area contributed by atoms with Gasteiger partial charge in [-0.25, -0.2) is 0 Å². The highest BCUT2D eigenvalue weighted by molar-refractivity contribution is 4.91. The van der Waals surface area contributed by atoms with Gasteiger partial charge >= 0.3 is 0 Å². The maximum Gasteiger partial charge on any atom is 0.0598 e. The van der Waals surface area contributed by atoms with E-state index in [-0.39, 0.29) is 0 Å². The lowest BCUT2D eigenvalue weighted by Crippen LogP contribution is -2.49. The van der Waals surface area contributed by atoms with Crippen LogP contribution in [0.2, 0.25) is 0 Å². The van der Waals surface area contributed by atoms with Crippen molar-refractivity contribution in [2.45, 2.75) is 37.8 Å². The smallest absolute Gasteiger partial charge is 0.0598 e. The Kier molecular flexibility index (Phi) is 4.85. The van der Waals surface area contributed by atoms with Gasteiger partial charge in [0, 0.05) is 25.2 Å². The topological polar surface area (TPSA) is 18.5 Å². The maximum absolute atomic E-state index is 5.34. The fraction of sp³-hybridized carbons (Fsp3) is 0.857. The summed E-state index contributed by atoms with van der Waals surface area (Å²) in [5, 5.41) is 3.84. The normalized spacial score (nSPS) is 25.9. The Hall–Kier alpha value is -0.560. The van der Waals surface area contributed by atoms with Crippen LogP contribution in [0.4, 0.5) is 0 Å². The highest BCUT2D eigenvalue weighted by atomic mass is 15.1. The van der Waals surface area contributed by atoms with Gasteiger partial charge in [0.05, 0.1) is 6.54 Å². The molecule has 0 aliphatic carbocycles. The van der Waals surface area contributed by atoms with Crippen molar-refractivity contribution in [3.8, 4) is 12.3 Å². The predicted octanol–water partition coefficient (Wildman–Crippen LogP) is 0.768. The molecule has 0 saturated carbocycles. The molecule has 96 valence electrons. The number of likely N-dealkylation sites (tertiary alicyclic amines) is 2. The quantitative estimate of drug-likeness (QED) is 0.729. The Morgan fingerprint density at radius 2 is 1.59 bits per heavy atom. The van der Waals surface area contributed by atoms with Gasteiger partial charge in [-0.15, -0.1) is 6.42 Å². The Bertz CT molecular complexity index is 255. The molecule has 0 atom stereocenters. The van der Waals surface area contributed by atoms with Crippen molar-refractivity contribution in [1.82, 2.24) is 15.1 Å². The van der Waals surface area contributed by atoms with Crippen molar-refractivity contribution in [3.05, 3.63) is 0 Å². The molecule has 0 amide bonds. The minimum Gasteiger partial charge on any atom is -0.311 e. The Morgan fingerprint density at radius 1 is 1.06 bits per heavy atom. The van der Waals surface area contributed by atoms with Gasteiger partial charge in [-0.3, -0.25) is 4.90 Å². The summed E-state index contributed by atoms with van der Waals surface area (Å²) in [6.07, 6.45) is 10.5. The lowest BCUT2D eigenvalue weighted by Gasteiger charge is -2.36. The van der Waals surface area contributed by atoms with Crippen molar-refractivity contribution in [2.24, 2.45) is 0 Å². The van der Waals surface area contributed by atoms with Crippen LogP contribution >= 0.6 is 0 Å². The Labute approximate surface area is 106 Å². The van der Waals surface area contributed by atoms with Gasteiger partial charge in [0.1, 0.15) is 0 Å². The summed E-state index contributed by atoms with van der Waals surface area (Å²) in [6.45, 7) is 5.63. The second kappa shape index (κ2) is 6.39. The molecule has 0 radical (unpaired) electrons. The summed E-state index contributed by atoms with van der Waals surface area (Å²) in [4.78, 5) is 4.81. The molecule has 0 spiro atoms. The number of nitrogens with zero attached hydrogens (tertiary/aromatic N) is 2. The molecule has 0 aromatic heterocycles. The van der Waals surface area contributed by atoms with Crippen molar-refractivity contribution in [1.29, 1.82) is 0 Å². The molecular formula is C14H25N3. The lowest BCUT2D eigenvalue weighted by atomic mass is 10.00. The molecule has 17 heavy (non-hydrogen) atoms. The van der Waals surface area contributed by atoms with E-state index in [1.54, 1.807) is 0 Å². The van der Waals surface area contributed by atoms with Crippen LogP contribution in [0.15, 0.2) is 0 Å². The monoisotopic (exact) mass is 235 g/mol. The van der Waals surface area contributed by atoms with Crippen molar-refractivity contribution >= 4 is 0 Å². The van der Waals surface area contributed by atoms with E-state index in [1.807, 2.05) is 0 Å². The van der Waals surface area contributed by atoms with E-state index in [4.69, 9.17) is 6.42 Å². The standard InChI is InChI=1S/C14H25N3/c1-3-8-17-11-6-14(7-12-17)15-13-4-9-16(2)10-5-13/h1,13-15H,4-12H2,2H3. The summed E-state index contributed by atoms with van der Waals surface area (Å²) in [5.41, 5.74) is 0. The van der Waals surface area contributed by atoms with Crippen molar-refractivity contribution < 1.29 is 0 Å². The largest absolute Gasteiger partial charge is 0.311 e. The van der Waals surface area contributed by atoms with Gasteiger partial charge in [0.15, 0.2) is 0 Å². The summed E-state index contributed by atoms with van der Waals surface area (Å²) < 4.78 is 0. The molecule has 2 rings (SSSR count). The van der Waals surface area contributed by atoms with E-state index in [2.05, 4.69) is 28.1 Å². The molecule has 0 aromatic rings. The van der Waals surface area contributed by atoms with Crippen LogP contribution in [0.3, 0.4) is 0 Å². The molecule has 0 bridgehead atoms. The van der Waals surface area contributed by atoms with Gasteiger partial charge in [0.25, 0.3) is 0 Å². The van der Waals surface area contributed by atoms with E-state index >= 15 is 0 Å². The number of nitrogens with one attached hydrogen (secondary N) is 1. The summed E-state index contributed by atoms with van der Waals surface area (Å²) in [6, 6.07) is 1.47.